The maximum Gasteiger partial charge on any atom is 0.573 e. The number of carbonyl (C=O) groups is 2. The SMILES string of the molecule is CN(CC(=O)Nc1ccc(OC(F)(F)F)cc1)C(=O)c1ccc(S(=O)(=O)NC2CC2)cc1. The molecule has 0 atom stereocenters. The van der Waals surface area contributed by atoms with Crippen molar-refractivity contribution in [1.82, 2.24) is 9.62 Å². The molecular weight excluding hydrogens is 451 g/mol. The number of likely N-dealkylation sites (N-methyl/N-ethyl adjacent to an activating group) is 1. The number of benzene rings is 2. The number of hydrogen-bond donors (Lipinski definition) is 2. The summed E-state index contributed by atoms with van der Waals surface area (Å²) in [5.41, 5.74) is 0.419. The number of sulfonamides is 1. The van der Waals surface area contributed by atoms with Crippen LogP contribution in [0.15, 0.2) is 53.4 Å². The minimum Gasteiger partial charge on any atom is -0.406 e. The third-order valence-corrected chi connectivity index (χ3v) is 5.95. The fourth-order valence-corrected chi connectivity index (χ4v) is 4.02. The molecule has 1 aliphatic carbocycles. The van der Waals surface area contributed by atoms with E-state index in [0.29, 0.717) is 0 Å². The highest BCUT2D eigenvalue weighted by molar-refractivity contribution is 7.89. The molecule has 0 aliphatic heterocycles. The highest BCUT2D eigenvalue weighted by atomic mass is 32.2. The van der Waals surface area contributed by atoms with E-state index in [0.717, 1.165) is 29.9 Å². The molecule has 2 amide bonds. The second kappa shape index (κ2) is 9.17. The molecule has 2 aromatic rings. The molecule has 0 unspecified atom stereocenters. The molecule has 0 spiro atoms. The highest BCUT2D eigenvalue weighted by Crippen LogP contribution is 2.24. The number of anilines is 1. The summed E-state index contributed by atoms with van der Waals surface area (Å²) >= 11 is 0. The van der Waals surface area contributed by atoms with Crippen molar-refractivity contribution in [2.45, 2.75) is 30.1 Å². The number of amides is 2. The largest absolute Gasteiger partial charge is 0.573 e. The summed E-state index contributed by atoms with van der Waals surface area (Å²) in [5.74, 6) is -1.51. The van der Waals surface area contributed by atoms with Crippen LogP contribution < -0.4 is 14.8 Å². The third-order valence-electron chi connectivity index (χ3n) is 4.41. The van der Waals surface area contributed by atoms with Gasteiger partial charge in [0.1, 0.15) is 5.75 Å². The van der Waals surface area contributed by atoms with Crippen molar-refractivity contribution in [3.63, 3.8) is 0 Å². The van der Waals surface area contributed by atoms with Crippen molar-refractivity contribution in [2.75, 3.05) is 18.9 Å². The van der Waals surface area contributed by atoms with Crippen LogP contribution in [0.4, 0.5) is 18.9 Å². The number of nitrogens with zero attached hydrogens (tertiary/aromatic N) is 1. The zero-order valence-corrected chi connectivity index (χ0v) is 17.7. The van der Waals surface area contributed by atoms with Gasteiger partial charge in [0, 0.05) is 24.3 Å². The van der Waals surface area contributed by atoms with E-state index < -0.39 is 33.9 Å². The average molecular weight is 471 g/mol. The smallest absolute Gasteiger partial charge is 0.406 e. The van der Waals surface area contributed by atoms with Gasteiger partial charge in [-0.15, -0.1) is 13.2 Å². The van der Waals surface area contributed by atoms with Crippen molar-refractivity contribution in [3.05, 3.63) is 54.1 Å². The summed E-state index contributed by atoms with van der Waals surface area (Å²) in [6, 6.07) is 9.87. The Morgan fingerprint density at radius 1 is 1.06 bits per heavy atom. The molecule has 12 heteroatoms. The second-order valence-corrected chi connectivity index (χ2v) is 8.92. The van der Waals surface area contributed by atoms with E-state index in [4.69, 9.17) is 0 Å². The lowest BCUT2D eigenvalue weighted by Gasteiger charge is -2.17. The summed E-state index contributed by atoms with van der Waals surface area (Å²) in [6.45, 7) is -0.330. The molecule has 32 heavy (non-hydrogen) atoms. The summed E-state index contributed by atoms with van der Waals surface area (Å²) in [6.07, 6.45) is -3.22. The van der Waals surface area contributed by atoms with E-state index in [9.17, 15) is 31.2 Å². The first kappa shape index (κ1) is 23.5. The molecule has 8 nitrogen and oxygen atoms in total. The molecule has 172 valence electrons. The van der Waals surface area contributed by atoms with Gasteiger partial charge >= 0.3 is 6.36 Å². The van der Waals surface area contributed by atoms with E-state index in [2.05, 4.69) is 14.8 Å². The lowest BCUT2D eigenvalue weighted by molar-refractivity contribution is -0.274. The lowest BCUT2D eigenvalue weighted by Crippen LogP contribution is -2.35. The van der Waals surface area contributed by atoms with Crippen LogP contribution in [0.25, 0.3) is 0 Å². The Hall–Kier alpha value is -3.12. The van der Waals surface area contributed by atoms with Crippen molar-refractivity contribution in [1.29, 1.82) is 0 Å². The van der Waals surface area contributed by atoms with Gasteiger partial charge in [-0.25, -0.2) is 13.1 Å². The molecule has 0 saturated heterocycles. The number of alkyl halides is 3. The first-order chi connectivity index (χ1) is 14.9. The summed E-state index contributed by atoms with van der Waals surface area (Å²) < 4.78 is 67.2. The van der Waals surface area contributed by atoms with Crippen LogP contribution >= 0.6 is 0 Å². The lowest BCUT2D eigenvalue weighted by atomic mass is 10.2. The van der Waals surface area contributed by atoms with E-state index >= 15 is 0 Å². The number of halogens is 3. The molecule has 2 N–H and O–H groups in total. The first-order valence-corrected chi connectivity index (χ1v) is 10.9. The predicted molar refractivity (Wildman–Crippen MR) is 109 cm³/mol. The van der Waals surface area contributed by atoms with Crippen LogP contribution in [-0.2, 0) is 14.8 Å². The molecule has 0 aromatic heterocycles. The predicted octanol–water partition coefficient (Wildman–Crippen LogP) is 2.74. The van der Waals surface area contributed by atoms with E-state index in [1.165, 1.54) is 43.4 Å². The van der Waals surface area contributed by atoms with E-state index in [1.807, 2.05) is 0 Å². The normalized spacial score (nSPS) is 14.0. The second-order valence-electron chi connectivity index (χ2n) is 7.20. The standard InChI is InChI=1S/C20H20F3N3O5S/c1-26(12-18(27)24-14-6-8-16(9-7-14)31-20(21,22)23)19(28)13-2-10-17(11-3-13)32(29,30)25-15-4-5-15/h2-3,6-11,15,25H,4-5,12H2,1H3,(H,24,27). The average Bonchev–Trinajstić information content (AvgIpc) is 3.51. The van der Waals surface area contributed by atoms with Gasteiger partial charge in [0.15, 0.2) is 0 Å². The van der Waals surface area contributed by atoms with Crippen LogP contribution in [0.5, 0.6) is 5.75 Å². The molecule has 3 rings (SSSR count). The molecule has 0 bridgehead atoms. The Labute approximate surface area is 182 Å². The van der Waals surface area contributed by atoms with Crippen LogP contribution in [0.2, 0.25) is 0 Å². The first-order valence-electron chi connectivity index (χ1n) is 9.46. The van der Waals surface area contributed by atoms with Crippen LogP contribution in [0.3, 0.4) is 0 Å². The molecular formula is C20H20F3N3O5S. The quantitative estimate of drug-likeness (QED) is 0.616. The fourth-order valence-electron chi connectivity index (χ4n) is 2.71. The van der Waals surface area contributed by atoms with Gasteiger partial charge in [-0.3, -0.25) is 9.59 Å². The molecule has 1 aliphatic rings. The summed E-state index contributed by atoms with van der Waals surface area (Å²) in [4.78, 5) is 25.8. The van der Waals surface area contributed by atoms with Crippen LogP contribution in [0.1, 0.15) is 23.2 Å². The summed E-state index contributed by atoms with van der Waals surface area (Å²) in [7, 11) is -2.25. The molecule has 1 saturated carbocycles. The van der Waals surface area contributed by atoms with Crippen molar-refractivity contribution < 1.29 is 35.9 Å². The minimum atomic E-state index is -4.82. The molecule has 1 fully saturated rings. The number of rotatable bonds is 8. The molecule has 2 aromatic carbocycles. The maximum atomic E-state index is 12.5. The summed E-state index contributed by atoms with van der Waals surface area (Å²) in [5, 5.41) is 2.47. The van der Waals surface area contributed by atoms with Crippen LogP contribution in [-0.4, -0.2) is 51.1 Å². The van der Waals surface area contributed by atoms with Gasteiger partial charge in [0.25, 0.3) is 5.91 Å². The van der Waals surface area contributed by atoms with Crippen molar-refractivity contribution in [3.8, 4) is 5.75 Å². The molecule has 0 radical (unpaired) electrons. The van der Waals surface area contributed by atoms with Gasteiger partial charge in [-0.2, -0.15) is 0 Å². The van der Waals surface area contributed by atoms with Gasteiger partial charge in [-0.1, -0.05) is 0 Å². The zero-order chi connectivity index (χ0) is 23.5. The van der Waals surface area contributed by atoms with Crippen LogP contribution in [0, 0.1) is 0 Å². The number of ether oxygens (including phenoxy) is 1. The highest BCUT2D eigenvalue weighted by Gasteiger charge is 2.31. The fraction of sp³-hybridized carbons (Fsp3) is 0.300. The molecule has 0 heterocycles. The Kier molecular flexibility index (Phi) is 6.74. The van der Waals surface area contributed by atoms with Crippen molar-refractivity contribution in [2.24, 2.45) is 0 Å². The van der Waals surface area contributed by atoms with Gasteiger partial charge in [0.05, 0.1) is 11.4 Å². The van der Waals surface area contributed by atoms with E-state index in [-0.39, 0.29) is 28.7 Å². The number of nitrogens with one attached hydrogen (secondary N) is 2. The maximum absolute atomic E-state index is 12.5. The Balaban J connectivity index is 1.55. The Morgan fingerprint density at radius 3 is 2.19 bits per heavy atom. The number of hydrogen-bond acceptors (Lipinski definition) is 5. The zero-order valence-electron chi connectivity index (χ0n) is 16.8. The third kappa shape index (κ3) is 6.69. The van der Waals surface area contributed by atoms with Gasteiger partial charge < -0.3 is 15.0 Å². The van der Waals surface area contributed by atoms with Gasteiger partial charge in [-0.05, 0) is 61.4 Å². The Morgan fingerprint density at radius 2 is 1.66 bits per heavy atom. The minimum absolute atomic E-state index is 0.0410. The number of carbonyl (C=O) groups excluding carboxylic acids is 2. The Bertz CT molecular complexity index is 1080. The van der Waals surface area contributed by atoms with E-state index in [1.54, 1.807) is 0 Å². The monoisotopic (exact) mass is 471 g/mol. The topological polar surface area (TPSA) is 105 Å². The van der Waals surface area contributed by atoms with Gasteiger partial charge in [0.2, 0.25) is 15.9 Å². The van der Waals surface area contributed by atoms with Crippen molar-refractivity contribution >= 4 is 27.5 Å².